The number of nitrogens with zero attached hydrogens (tertiary/aromatic N) is 2. The number of phenols is 1. The Labute approximate surface area is 239 Å². The maximum absolute atomic E-state index is 13.1. The molecule has 3 aromatic rings. The first-order chi connectivity index (χ1) is 19.9. The Bertz CT molecular complexity index is 1450. The molecule has 41 heavy (non-hydrogen) atoms. The van der Waals surface area contributed by atoms with Crippen molar-refractivity contribution in [2.24, 2.45) is 17.8 Å². The van der Waals surface area contributed by atoms with Gasteiger partial charge in [-0.05, 0) is 72.4 Å². The predicted molar refractivity (Wildman–Crippen MR) is 154 cm³/mol. The van der Waals surface area contributed by atoms with Crippen LogP contribution < -0.4 is 4.74 Å². The number of hydrogen-bond acceptors (Lipinski definition) is 7. The zero-order valence-corrected chi connectivity index (χ0v) is 22.9. The fourth-order valence-electron chi connectivity index (χ4n) is 6.01. The van der Waals surface area contributed by atoms with Crippen LogP contribution in [0.5, 0.6) is 11.5 Å². The van der Waals surface area contributed by atoms with E-state index in [1.807, 2.05) is 60.7 Å². The first-order valence-electron chi connectivity index (χ1n) is 13.8. The minimum atomic E-state index is -1.01. The van der Waals surface area contributed by atoms with Gasteiger partial charge in [0, 0.05) is 24.7 Å². The number of aromatic hydroxyl groups is 1. The van der Waals surface area contributed by atoms with Gasteiger partial charge in [0.15, 0.2) is 0 Å². The summed E-state index contributed by atoms with van der Waals surface area (Å²) in [6.07, 6.45) is 3.48. The molecule has 1 aliphatic heterocycles. The molecular formula is C33H34N2O6. The van der Waals surface area contributed by atoms with Gasteiger partial charge in [0.1, 0.15) is 18.1 Å². The molecule has 1 aromatic heterocycles. The van der Waals surface area contributed by atoms with Crippen LogP contribution in [0.1, 0.15) is 30.5 Å². The summed E-state index contributed by atoms with van der Waals surface area (Å²) < 4.78 is 6.03. The van der Waals surface area contributed by atoms with Crippen LogP contribution in [0.4, 0.5) is 0 Å². The molecule has 2 aliphatic rings. The van der Waals surface area contributed by atoms with Crippen molar-refractivity contribution in [1.82, 2.24) is 9.88 Å². The maximum Gasteiger partial charge on any atom is 0.233 e. The number of pyridine rings is 1. The molecule has 2 heterocycles. The highest BCUT2D eigenvalue weighted by atomic mass is 16.5. The van der Waals surface area contributed by atoms with Crippen LogP contribution in [0.2, 0.25) is 0 Å². The second kappa shape index (κ2) is 12.5. The van der Waals surface area contributed by atoms with Crippen molar-refractivity contribution >= 4 is 23.5 Å². The van der Waals surface area contributed by atoms with Gasteiger partial charge in [0.2, 0.25) is 11.8 Å². The van der Waals surface area contributed by atoms with Gasteiger partial charge in [0.05, 0.1) is 30.2 Å². The lowest BCUT2D eigenvalue weighted by Crippen LogP contribution is -2.39. The van der Waals surface area contributed by atoms with Crippen molar-refractivity contribution in [3.63, 3.8) is 0 Å². The third-order valence-electron chi connectivity index (χ3n) is 8.06. The predicted octanol–water partition coefficient (Wildman–Crippen LogP) is 4.09. The lowest BCUT2D eigenvalue weighted by Gasteiger charge is -2.36. The molecule has 2 amide bonds. The molecule has 0 radical (unpaired) electrons. The number of rotatable bonds is 10. The number of fused-ring (bicyclic) bond motifs is 1. The first kappa shape index (κ1) is 28.3. The number of aromatic nitrogens is 1. The largest absolute Gasteiger partial charge is 0.507 e. The summed E-state index contributed by atoms with van der Waals surface area (Å²) in [5, 5.41) is 32.6. The van der Waals surface area contributed by atoms with Crippen molar-refractivity contribution < 1.29 is 29.6 Å². The van der Waals surface area contributed by atoms with Gasteiger partial charge in [-0.2, -0.15) is 0 Å². The minimum absolute atomic E-state index is 0.127. The molecule has 0 spiro atoms. The van der Waals surface area contributed by atoms with Crippen LogP contribution in [0, 0.1) is 17.8 Å². The van der Waals surface area contributed by atoms with Crippen LogP contribution >= 0.6 is 0 Å². The highest BCUT2D eigenvalue weighted by Gasteiger charge is 2.53. The monoisotopic (exact) mass is 554 g/mol. The van der Waals surface area contributed by atoms with Crippen molar-refractivity contribution in [3.05, 3.63) is 101 Å². The Kier molecular flexibility index (Phi) is 8.61. The maximum atomic E-state index is 13.1. The number of phenolic OH excluding ortho intramolecular Hbond substituents is 1. The highest BCUT2D eigenvalue weighted by molar-refractivity contribution is 6.05. The number of ether oxygens (including phenoxy) is 1. The molecule has 3 N–H and O–H groups in total. The number of amides is 2. The number of aliphatic hydroxyl groups is 2. The van der Waals surface area contributed by atoms with Gasteiger partial charge in [0.25, 0.3) is 0 Å². The first-order valence-corrected chi connectivity index (χ1v) is 13.8. The van der Waals surface area contributed by atoms with E-state index in [2.05, 4.69) is 4.98 Å². The van der Waals surface area contributed by atoms with Gasteiger partial charge >= 0.3 is 0 Å². The number of hydrogen-bond donors (Lipinski definition) is 3. The molecule has 1 saturated heterocycles. The van der Waals surface area contributed by atoms with E-state index in [-0.39, 0.29) is 43.6 Å². The quantitative estimate of drug-likeness (QED) is 0.255. The van der Waals surface area contributed by atoms with Crippen molar-refractivity contribution in [2.75, 3.05) is 20.3 Å². The Balaban J connectivity index is 1.47. The number of allylic oxidation sites excluding steroid dienone is 1. The standard InChI is InChI=1S/C33H34N2O6/c1-35-32(39)25-18-23(20-41-24-10-3-2-4-11-24)30(26(19-36)31(25)33(35)40)29(38)15-14-21(27-12-7-8-16-34-27)17-22-9-5-6-13-28(22)37/h2-13,16-17,25-26,29,31,36-38H,14-15,18-20H2,1H3/b21-17-/t25-,26+,29-,31-/m1/s1. The second-order valence-electron chi connectivity index (χ2n) is 10.5. The van der Waals surface area contributed by atoms with Gasteiger partial charge in [-0.3, -0.25) is 19.5 Å². The number of carbonyl (C=O) groups is 2. The van der Waals surface area contributed by atoms with Gasteiger partial charge < -0.3 is 20.1 Å². The number of likely N-dealkylation sites (tertiary alicyclic amines) is 1. The molecule has 0 unspecified atom stereocenters. The SMILES string of the molecule is CN1C(=O)[C@@H]2[C@@H](CC(COc3ccccc3)=C([C@H](O)CC/C(=C/c3ccccc3O)c3ccccn3)[C@@H]2CO)C1=O. The van der Waals surface area contributed by atoms with Crippen molar-refractivity contribution in [3.8, 4) is 11.5 Å². The molecule has 2 aromatic carbocycles. The summed E-state index contributed by atoms with van der Waals surface area (Å²) in [6, 6.07) is 21.8. The van der Waals surface area contributed by atoms with E-state index in [9.17, 15) is 24.9 Å². The van der Waals surface area contributed by atoms with Gasteiger partial charge in [-0.1, -0.05) is 42.5 Å². The van der Waals surface area contributed by atoms with E-state index in [0.717, 1.165) is 16.0 Å². The number of imide groups is 1. The summed E-state index contributed by atoms with van der Waals surface area (Å²) in [7, 11) is 1.47. The summed E-state index contributed by atoms with van der Waals surface area (Å²) in [4.78, 5) is 31.6. The zero-order valence-electron chi connectivity index (χ0n) is 22.9. The van der Waals surface area contributed by atoms with Crippen LogP contribution in [-0.2, 0) is 9.59 Å². The van der Waals surface area contributed by atoms with Crippen LogP contribution in [0.3, 0.4) is 0 Å². The Morgan fingerprint density at radius 3 is 2.49 bits per heavy atom. The van der Waals surface area contributed by atoms with E-state index >= 15 is 0 Å². The molecule has 1 aliphatic carbocycles. The smallest absolute Gasteiger partial charge is 0.233 e. The molecule has 8 nitrogen and oxygen atoms in total. The normalized spacial score (nSPS) is 21.7. The molecule has 5 rings (SSSR count). The average Bonchev–Trinajstić information content (AvgIpc) is 3.22. The van der Waals surface area contributed by atoms with Crippen molar-refractivity contribution in [1.29, 1.82) is 0 Å². The third-order valence-corrected chi connectivity index (χ3v) is 8.06. The number of para-hydroxylation sites is 2. The summed E-state index contributed by atoms with van der Waals surface area (Å²) in [5.41, 5.74) is 3.44. The molecule has 212 valence electrons. The van der Waals surface area contributed by atoms with Gasteiger partial charge in [-0.25, -0.2) is 0 Å². The molecule has 1 fully saturated rings. The van der Waals surface area contributed by atoms with Crippen molar-refractivity contribution in [2.45, 2.75) is 25.4 Å². The third kappa shape index (κ3) is 5.94. The molecule has 8 heteroatoms. The lowest BCUT2D eigenvalue weighted by atomic mass is 9.68. The average molecular weight is 555 g/mol. The number of aliphatic hydroxyl groups excluding tert-OH is 2. The van der Waals surface area contributed by atoms with E-state index in [1.165, 1.54) is 7.05 Å². The van der Waals surface area contributed by atoms with Gasteiger partial charge in [-0.15, -0.1) is 0 Å². The van der Waals surface area contributed by atoms with E-state index < -0.39 is 23.9 Å². The fraction of sp³-hybridized carbons (Fsp3) is 0.303. The van der Waals surface area contributed by atoms with E-state index in [1.54, 1.807) is 24.4 Å². The highest BCUT2D eigenvalue weighted by Crippen LogP contribution is 2.46. The Morgan fingerprint density at radius 1 is 1.05 bits per heavy atom. The summed E-state index contributed by atoms with van der Waals surface area (Å²) >= 11 is 0. The van der Waals surface area contributed by atoms with E-state index in [4.69, 9.17) is 4.74 Å². The topological polar surface area (TPSA) is 120 Å². The Morgan fingerprint density at radius 2 is 1.78 bits per heavy atom. The van der Waals surface area contributed by atoms with Crippen LogP contribution in [0.25, 0.3) is 11.6 Å². The minimum Gasteiger partial charge on any atom is -0.507 e. The lowest BCUT2D eigenvalue weighted by molar-refractivity contribution is -0.138. The summed E-state index contributed by atoms with van der Waals surface area (Å²) in [5.74, 6) is -1.86. The molecule has 0 bridgehead atoms. The Hall–Kier alpha value is -4.27. The molecular weight excluding hydrogens is 520 g/mol. The zero-order chi connectivity index (χ0) is 28.9. The molecule has 0 saturated carbocycles. The van der Waals surface area contributed by atoms with Crippen LogP contribution in [-0.4, -0.2) is 63.4 Å². The fourth-order valence-corrected chi connectivity index (χ4v) is 6.01. The second-order valence-corrected chi connectivity index (χ2v) is 10.5. The molecule has 4 atom stereocenters. The number of benzene rings is 2. The number of carbonyl (C=O) groups excluding carboxylic acids is 2. The van der Waals surface area contributed by atoms with E-state index in [0.29, 0.717) is 29.0 Å². The summed E-state index contributed by atoms with van der Waals surface area (Å²) in [6.45, 7) is -0.252. The van der Waals surface area contributed by atoms with Crippen LogP contribution in [0.15, 0.2) is 90.1 Å².